The summed E-state index contributed by atoms with van der Waals surface area (Å²) in [6, 6.07) is 12.9. The van der Waals surface area contributed by atoms with E-state index in [9.17, 15) is 4.79 Å². The molecular formula is C25H25N7O2. The third-order valence-corrected chi connectivity index (χ3v) is 6.03. The second kappa shape index (κ2) is 9.30. The lowest BCUT2D eigenvalue weighted by molar-refractivity contribution is 0.0606. The molecule has 1 saturated heterocycles. The van der Waals surface area contributed by atoms with Crippen LogP contribution in [0.1, 0.15) is 41.4 Å². The molecule has 1 atom stereocenters. The summed E-state index contributed by atoms with van der Waals surface area (Å²) in [4.78, 5) is 28.7. The van der Waals surface area contributed by atoms with Crippen molar-refractivity contribution in [1.82, 2.24) is 29.6 Å². The number of hydrogen-bond acceptors (Lipinski definition) is 7. The number of ether oxygens (including phenoxy) is 1. The fourth-order valence-corrected chi connectivity index (χ4v) is 4.35. The van der Waals surface area contributed by atoms with Gasteiger partial charge < -0.3 is 15.4 Å². The normalized spacial score (nSPS) is 15.8. The van der Waals surface area contributed by atoms with Crippen molar-refractivity contribution < 1.29 is 9.53 Å². The summed E-state index contributed by atoms with van der Waals surface area (Å²) in [5.41, 5.74) is 9.01. The van der Waals surface area contributed by atoms with Crippen LogP contribution in [0, 0.1) is 0 Å². The van der Waals surface area contributed by atoms with Gasteiger partial charge in [-0.25, -0.2) is 19.6 Å². The maximum absolute atomic E-state index is 13.6. The van der Waals surface area contributed by atoms with E-state index < -0.39 is 0 Å². The van der Waals surface area contributed by atoms with Crippen molar-refractivity contribution in [1.29, 1.82) is 0 Å². The van der Waals surface area contributed by atoms with E-state index in [0.717, 1.165) is 41.8 Å². The molecule has 172 valence electrons. The standard InChI is InChI=1S/C25H25N7O2/c1-34-19-7-4-6-17(14-19)20-16-28-25(26)30-23(20)21-8-2-3-12-31(21)24(33)18-9-10-22(27-15-18)32-13-5-11-29-32/h4-7,9-11,13-16,21H,2-3,8,12H2,1H3,(H2,26,28,30). The number of carbonyl (C=O) groups is 1. The predicted molar refractivity (Wildman–Crippen MR) is 127 cm³/mol. The highest BCUT2D eigenvalue weighted by molar-refractivity contribution is 5.94. The number of aromatic nitrogens is 5. The number of anilines is 1. The van der Waals surface area contributed by atoms with Gasteiger partial charge in [-0.1, -0.05) is 12.1 Å². The Morgan fingerprint density at radius 3 is 2.79 bits per heavy atom. The zero-order chi connectivity index (χ0) is 23.5. The Kier molecular flexibility index (Phi) is 5.90. The van der Waals surface area contributed by atoms with Crippen LogP contribution in [0.4, 0.5) is 5.95 Å². The van der Waals surface area contributed by atoms with Crippen LogP contribution in [-0.4, -0.2) is 49.2 Å². The zero-order valence-corrected chi connectivity index (χ0v) is 18.8. The quantitative estimate of drug-likeness (QED) is 0.488. The number of nitrogen functional groups attached to an aromatic ring is 1. The van der Waals surface area contributed by atoms with Crippen molar-refractivity contribution in [2.45, 2.75) is 25.3 Å². The molecule has 9 nitrogen and oxygen atoms in total. The van der Waals surface area contributed by atoms with Crippen molar-refractivity contribution in [2.75, 3.05) is 19.4 Å². The number of carbonyl (C=O) groups excluding carboxylic acids is 1. The second-order valence-corrected chi connectivity index (χ2v) is 8.12. The van der Waals surface area contributed by atoms with Crippen LogP contribution in [0.5, 0.6) is 5.75 Å². The van der Waals surface area contributed by atoms with Crippen LogP contribution < -0.4 is 10.5 Å². The van der Waals surface area contributed by atoms with Crippen LogP contribution in [0.2, 0.25) is 0 Å². The molecule has 1 amide bonds. The van der Waals surface area contributed by atoms with Crippen molar-refractivity contribution in [2.24, 2.45) is 0 Å². The first-order chi connectivity index (χ1) is 16.6. The third kappa shape index (κ3) is 4.19. The highest BCUT2D eigenvalue weighted by Gasteiger charge is 2.32. The molecule has 0 spiro atoms. The number of pyridine rings is 1. The average Bonchev–Trinajstić information content (AvgIpc) is 3.43. The molecule has 3 aromatic heterocycles. The van der Waals surface area contributed by atoms with Gasteiger partial charge in [0.05, 0.1) is 24.4 Å². The number of nitrogens with two attached hydrogens (primary N) is 1. The molecule has 9 heteroatoms. The SMILES string of the molecule is COc1cccc(-c2cnc(N)nc2C2CCCCN2C(=O)c2ccc(-n3cccn3)nc2)c1. The summed E-state index contributed by atoms with van der Waals surface area (Å²) in [5.74, 6) is 1.49. The topological polar surface area (TPSA) is 112 Å². The van der Waals surface area contributed by atoms with E-state index in [1.165, 1.54) is 0 Å². The predicted octanol–water partition coefficient (Wildman–Crippen LogP) is 3.68. The summed E-state index contributed by atoms with van der Waals surface area (Å²) >= 11 is 0. The van der Waals surface area contributed by atoms with Crippen LogP contribution in [0.25, 0.3) is 16.9 Å². The van der Waals surface area contributed by atoms with Gasteiger partial charge in [0.15, 0.2) is 5.82 Å². The number of likely N-dealkylation sites (tertiary alicyclic amines) is 1. The Balaban J connectivity index is 1.49. The summed E-state index contributed by atoms with van der Waals surface area (Å²) in [7, 11) is 1.63. The van der Waals surface area contributed by atoms with Gasteiger partial charge in [0.25, 0.3) is 5.91 Å². The van der Waals surface area contributed by atoms with Crippen LogP contribution in [0.3, 0.4) is 0 Å². The van der Waals surface area contributed by atoms with E-state index in [0.29, 0.717) is 17.9 Å². The van der Waals surface area contributed by atoms with E-state index >= 15 is 0 Å². The zero-order valence-electron chi connectivity index (χ0n) is 18.8. The van der Waals surface area contributed by atoms with E-state index in [1.54, 1.807) is 42.5 Å². The Bertz CT molecular complexity index is 1290. The minimum Gasteiger partial charge on any atom is -0.497 e. The third-order valence-electron chi connectivity index (χ3n) is 6.03. The largest absolute Gasteiger partial charge is 0.497 e. The maximum atomic E-state index is 13.6. The summed E-state index contributed by atoms with van der Waals surface area (Å²) < 4.78 is 7.05. The number of hydrogen-bond donors (Lipinski definition) is 1. The smallest absolute Gasteiger partial charge is 0.255 e. The van der Waals surface area contributed by atoms with Gasteiger partial charge >= 0.3 is 0 Å². The monoisotopic (exact) mass is 455 g/mol. The lowest BCUT2D eigenvalue weighted by Crippen LogP contribution is -2.39. The van der Waals surface area contributed by atoms with Gasteiger partial charge in [0.2, 0.25) is 5.95 Å². The highest BCUT2D eigenvalue weighted by atomic mass is 16.5. The lowest BCUT2D eigenvalue weighted by atomic mass is 9.93. The number of benzene rings is 1. The first kappa shape index (κ1) is 21.6. The molecule has 0 saturated carbocycles. The first-order valence-electron chi connectivity index (χ1n) is 11.2. The molecule has 4 heterocycles. The summed E-state index contributed by atoms with van der Waals surface area (Å²) in [5, 5.41) is 4.19. The molecule has 0 aliphatic carbocycles. The Morgan fingerprint density at radius 2 is 2.03 bits per heavy atom. The van der Waals surface area contributed by atoms with E-state index in [4.69, 9.17) is 10.5 Å². The summed E-state index contributed by atoms with van der Waals surface area (Å²) in [6.07, 6.45) is 9.53. The number of piperidine rings is 1. The molecule has 1 aliphatic heterocycles. The maximum Gasteiger partial charge on any atom is 0.255 e. The van der Waals surface area contributed by atoms with E-state index in [2.05, 4.69) is 20.1 Å². The summed E-state index contributed by atoms with van der Waals surface area (Å²) in [6.45, 7) is 0.631. The number of methoxy groups -OCH3 is 1. The van der Waals surface area contributed by atoms with Gasteiger partial charge in [-0.05, 0) is 55.2 Å². The highest BCUT2D eigenvalue weighted by Crippen LogP contribution is 2.37. The minimum atomic E-state index is -0.224. The molecule has 2 N–H and O–H groups in total. The van der Waals surface area contributed by atoms with Crippen LogP contribution >= 0.6 is 0 Å². The van der Waals surface area contributed by atoms with Crippen LogP contribution in [0.15, 0.2) is 67.3 Å². The van der Waals surface area contributed by atoms with Gasteiger partial charge in [-0.3, -0.25) is 4.79 Å². The molecule has 0 bridgehead atoms. The average molecular weight is 456 g/mol. The molecule has 1 aromatic carbocycles. The molecule has 34 heavy (non-hydrogen) atoms. The molecule has 1 unspecified atom stereocenters. The number of amides is 1. The Morgan fingerprint density at radius 1 is 1.12 bits per heavy atom. The van der Waals surface area contributed by atoms with E-state index in [1.807, 2.05) is 41.4 Å². The Hall–Kier alpha value is -4.27. The minimum absolute atomic E-state index is 0.0852. The fraction of sp³-hybridized carbons (Fsp3) is 0.240. The van der Waals surface area contributed by atoms with Crippen molar-refractivity contribution >= 4 is 11.9 Å². The van der Waals surface area contributed by atoms with Crippen molar-refractivity contribution in [3.63, 3.8) is 0 Å². The van der Waals surface area contributed by atoms with Crippen molar-refractivity contribution in [3.8, 4) is 22.7 Å². The first-order valence-corrected chi connectivity index (χ1v) is 11.2. The van der Waals surface area contributed by atoms with E-state index in [-0.39, 0.29) is 17.9 Å². The molecule has 1 aliphatic rings. The van der Waals surface area contributed by atoms with Gasteiger partial charge in [-0.15, -0.1) is 0 Å². The number of rotatable bonds is 5. The van der Waals surface area contributed by atoms with Crippen molar-refractivity contribution in [3.05, 3.63) is 78.5 Å². The Labute approximate surface area is 197 Å². The molecule has 4 aromatic rings. The molecule has 0 radical (unpaired) electrons. The van der Waals surface area contributed by atoms with Gasteiger partial charge in [0.1, 0.15) is 5.75 Å². The van der Waals surface area contributed by atoms with Crippen LogP contribution in [-0.2, 0) is 0 Å². The fourth-order valence-electron chi connectivity index (χ4n) is 4.35. The number of nitrogens with zero attached hydrogens (tertiary/aromatic N) is 6. The molecule has 1 fully saturated rings. The van der Waals surface area contributed by atoms with Gasteiger partial charge in [0, 0.05) is 36.9 Å². The lowest BCUT2D eigenvalue weighted by Gasteiger charge is -2.36. The molecule has 5 rings (SSSR count). The second-order valence-electron chi connectivity index (χ2n) is 8.12. The van der Waals surface area contributed by atoms with Gasteiger partial charge in [-0.2, -0.15) is 5.10 Å². The molecular weight excluding hydrogens is 430 g/mol.